The summed E-state index contributed by atoms with van der Waals surface area (Å²) in [7, 11) is 0. The average Bonchev–Trinajstić information content (AvgIpc) is 2.99. The van der Waals surface area contributed by atoms with Crippen LogP contribution in [0, 0.1) is 0 Å². The van der Waals surface area contributed by atoms with Crippen molar-refractivity contribution < 1.29 is 9.53 Å². The lowest BCUT2D eigenvalue weighted by molar-refractivity contribution is 0.0908. The van der Waals surface area contributed by atoms with Crippen LogP contribution in [0.3, 0.4) is 0 Å². The number of ether oxygens (including phenoxy) is 1. The Kier molecular flexibility index (Phi) is 4.06. The van der Waals surface area contributed by atoms with E-state index in [0.717, 1.165) is 36.6 Å². The Morgan fingerprint density at radius 3 is 2.76 bits per heavy atom. The van der Waals surface area contributed by atoms with Crippen molar-refractivity contribution in [2.24, 2.45) is 0 Å². The molecule has 1 unspecified atom stereocenters. The van der Waals surface area contributed by atoms with Crippen molar-refractivity contribution in [2.75, 3.05) is 18.9 Å². The van der Waals surface area contributed by atoms with Crippen LogP contribution in [-0.2, 0) is 4.74 Å². The number of nitrogens with two attached hydrogens (primary N) is 1. The molecule has 0 aromatic heterocycles. The number of anilines is 1. The first-order chi connectivity index (χ1) is 10.2. The Morgan fingerprint density at radius 1 is 1.29 bits per heavy atom. The Bertz CT molecular complexity index is 648. The second kappa shape index (κ2) is 6.14. The minimum atomic E-state index is -0.115. The largest absolute Gasteiger partial charge is 0.398 e. The van der Waals surface area contributed by atoms with E-state index in [9.17, 15) is 4.79 Å². The number of benzene rings is 2. The molecule has 1 aliphatic rings. The number of nitrogens with one attached hydrogen (secondary N) is 1. The molecule has 3 N–H and O–H groups in total. The van der Waals surface area contributed by atoms with Gasteiger partial charge >= 0.3 is 0 Å². The molecule has 1 saturated heterocycles. The summed E-state index contributed by atoms with van der Waals surface area (Å²) in [4.78, 5) is 12.3. The van der Waals surface area contributed by atoms with Crippen molar-refractivity contribution >= 4 is 22.4 Å². The average molecular weight is 284 g/mol. The maximum Gasteiger partial charge on any atom is 0.253 e. The molecule has 0 radical (unpaired) electrons. The lowest BCUT2D eigenvalue weighted by Crippen LogP contribution is -2.27. The molecule has 1 aliphatic heterocycles. The van der Waals surface area contributed by atoms with Crippen LogP contribution < -0.4 is 11.1 Å². The van der Waals surface area contributed by atoms with E-state index in [0.29, 0.717) is 23.9 Å². The van der Waals surface area contributed by atoms with Crippen molar-refractivity contribution in [2.45, 2.75) is 25.4 Å². The molecule has 110 valence electrons. The lowest BCUT2D eigenvalue weighted by Gasteiger charge is -2.11. The SMILES string of the molecule is Nc1cc2ccccc2cc1C(=O)NCCC1CCCO1. The number of hydrogen-bond donors (Lipinski definition) is 2. The maximum absolute atomic E-state index is 12.3. The van der Waals surface area contributed by atoms with Crippen molar-refractivity contribution in [3.05, 3.63) is 42.0 Å². The molecule has 1 fully saturated rings. The van der Waals surface area contributed by atoms with Crippen LogP contribution in [0.5, 0.6) is 0 Å². The number of amides is 1. The molecule has 1 amide bonds. The van der Waals surface area contributed by atoms with Gasteiger partial charge in [-0.15, -0.1) is 0 Å². The third kappa shape index (κ3) is 3.16. The van der Waals surface area contributed by atoms with Crippen molar-refractivity contribution in [3.63, 3.8) is 0 Å². The summed E-state index contributed by atoms with van der Waals surface area (Å²) in [6.45, 7) is 1.46. The van der Waals surface area contributed by atoms with Gasteiger partial charge in [0.15, 0.2) is 0 Å². The summed E-state index contributed by atoms with van der Waals surface area (Å²) < 4.78 is 5.55. The number of carbonyl (C=O) groups excluding carboxylic acids is 1. The highest BCUT2D eigenvalue weighted by Crippen LogP contribution is 2.22. The zero-order chi connectivity index (χ0) is 14.7. The Balaban J connectivity index is 1.67. The molecule has 2 aromatic rings. The van der Waals surface area contributed by atoms with Crippen LogP contribution in [0.2, 0.25) is 0 Å². The molecule has 0 bridgehead atoms. The minimum absolute atomic E-state index is 0.115. The molecule has 3 rings (SSSR count). The van der Waals surface area contributed by atoms with Crippen LogP contribution in [-0.4, -0.2) is 25.2 Å². The Morgan fingerprint density at radius 2 is 2.05 bits per heavy atom. The van der Waals surface area contributed by atoms with Gasteiger partial charge in [-0.1, -0.05) is 24.3 Å². The molecule has 1 atom stereocenters. The van der Waals surface area contributed by atoms with Crippen molar-refractivity contribution in [1.29, 1.82) is 0 Å². The van der Waals surface area contributed by atoms with Crippen LogP contribution in [0.15, 0.2) is 36.4 Å². The van der Waals surface area contributed by atoms with Gasteiger partial charge in [0.05, 0.1) is 11.7 Å². The first-order valence-electron chi connectivity index (χ1n) is 7.42. The summed E-state index contributed by atoms with van der Waals surface area (Å²) in [5, 5.41) is 5.00. The summed E-state index contributed by atoms with van der Waals surface area (Å²) >= 11 is 0. The van der Waals surface area contributed by atoms with Gasteiger partial charge in [-0.3, -0.25) is 4.79 Å². The zero-order valence-electron chi connectivity index (χ0n) is 12.0. The van der Waals surface area contributed by atoms with E-state index in [1.807, 2.05) is 36.4 Å². The third-order valence-corrected chi connectivity index (χ3v) is 3.94. The minimum Gasteiger partial charge on any atom is -0.398 e. The molecular formula is C17H20N2O2. The zero-order valence-corrected chi connectivity index (χ0v) is 12.0. The van der Waals surface area contributed by atoms with E-state index >= 15 is 0 Å². The predicted octanol–water partition coefficient (Wildman–Crippen LogP) is 2.72. The van der Waals surface area contributed by atoms with Gasteiger partial charge in [0.1, 0.15) is 0 Å². The first-order valence-corrected chi connectivity index (χ1v) is 7.42. The second-order valence-electron chi connectivity index (χ2n) is 5.47. The first kappa shape index (κ1) is 13.9. The Hall–Kier alpha value is -2.07. The molecule has 0 aliphatic carbocycles. The Labute approximate surface area is 124 Å². The van der Waals surface area contributed by atoms with E-state index in [1.165, 1.54) is 0 Å². The monoisotopic (exact) mass is 284 g/mol. The molecule has 4 nitrogen and oxygen atoms in total. The van der Waals surface area contributed by atoms with Gasteiger partial charge in [0.25, 0.3) is 5.91 Å². The summed E-state index contributed by atoms with van der Waals surface area (Å²) in [5.74, 6) is -0.115. The second-order valence-corrected chi connectivity index (χ2v) is 5.47. The maximum atomic E-state index is 12.3. The van der Waals surface area contributed by atoms with Crippen LogP contribution in [0.1, 0.15) is 29.6 Å². The van der Waals surface area contributed by atoms with Crippen LogP contribution >= 0.6 is 0 Å². The fourth-order valence-corrected chi connectivity index (χ4v) is 2.77. The normalized spacial score (nSPS) is 18.0. The smallest absolute Gasteiger partial charge is 0.253 e. The molecule has 1 heterocycles. The molecule has 2 aromatic carbocycles. The van der Waals surface area contributed by atoms with Crippen molar-refractivity contribution in [1.82, 2.24) is 5.32 Å². The number of hydrogen-bond acceptors (Lipinski definition) is 3. The molecule has 0 spiro atoms. The van der Waals surface area contributed by atoms with E-state index < -0.39 is 0 Å². The van der Waals surface area contributed by atoms with Gasteiger partial charge in [-0.25, -0.2) is 0 Å². The number of fused-ring (bicyclic) bond motifs is 1. The number of nitrogen functional groups attached to an aromatic ring is 1. The standard InChI is InChI=1S/C17H20N2O2/c18-16-11-13-5-2-1-4-12(13)10-15(16)17(20)19-8-7-14-6-3-9-21-14/h1-2,4-5,10-11,14H,3,6-9,18H2,(H,19,20). The number of rotatable bonds is 4. The fraction of sp³-hybridized carbons (Fsp3) is 0.353. The quantitative estimate of drug-likeness (QED) is 0.848. The summed E-state index contributed by atoms with van der Waals surface area (Å²) in [5.41, 5.74) is 7.06. The number of carbonyl (C=O) groups is 1. The lowest BCUT2D eigenvalue weighted by atomic mass is 10.0. The third-order valence-electron chi connectivity index (χ3n) is 3.94. The van der Waals surface area contributed by atoms with E-state index in [4.69, 9.17) is 10.5 Å². The van der Waals surface area contributed by atoms with Crippen LogP contribution in [0.4, 0.5) is 5.69 Å². The molecular weight excluding hydrogens is 264 g/mol. The van der Waals surface area contributed by atoms with Crippen molar-refractivity contribution in [3.8, 4) is 0 Å². The van der Waals surface area contributed by atoms with Crippen LogP contribution in [0.25, 0.3) is 10.8 Å². The fourth-order valence-electron chi connectivity index (χ4n) is 2.77. The summed E-state index contributed by atoms with van der Waals surface area (Å²) in [6, 6.07) is 11.6. The van der Waals surface area contributed by atoms with E-state index in [-0.39, 0.29) is 5.91 Å². The summed E-state index contributed by atoms with van der Waals surface area (Å²) in [6.07, 6.45) is 3.36. The molecule has 4 heteroatoms. The van der Waals surface area contributed by atoms with E-state index in [2.05, 4.69) is 5.32 Å². The highest BCUT2D eigenvalue weighted by Gasteiger charge is 2.16. The highest BCUT2D eigenvalue weighted by atomic mass is 16.5. The van der Waals surface area contributed by atoms with Gasteiger partial charge in [0.2, 0.25) is 0 Å². The van der Waals surface area contributed by atoms with Gasteiger partial charge in [-0.05, 0) is 42.2 Å². The van der Waals surface area contributed by atoms with Gasteiger partial charge < -0.3 is 15.8 Å². The highest BCUT2D eigenvalue weighted by molar-refractivity contribution is 6.03. The molecule has 0 saturated carbocycles. The van der Waals surface area contributed by atoms with Gasteiger partial charge in [0, 0.05) is 18.8 Å². The molecule has 21 heavy (non-hydrogen) atoms. The topological polar surface area (TPSA) is 64.4 Å². The van der Waals surface area contributed by atoms with E-state index in [1.54, 1.807) is 0 Å². The predicted molar refractivity (Wildman–Crippen MR) is 84.3 cm³/mol. The van der Waals surface area contributed by atoms with Gasteiger partial charge in [-0.2, -0.15) is 0 Å².